The predicted molar refractivity (Wildman–Crippen MR) is 217 cm³/mol. The van der Waals surface area contributed by atoms with Crippen LogP contribution in [0.3, 0.4) is 0 Å². The van der Waals surface area contributed by atoms with Crippen LogP contribution in [-0.2, 0) is 24.1 Å². The average molecular weight is 779 g/mol. The molecule has 5 aromatic rings. The molecule has 13 nitrogen and oxygen atoms in total. The summed E-state index contributed by atoms with van der Waals surface area (Å²) in [6, 6.07) is 30.9. The van der Waals surface area contributed by atoms with Gasteiger partial charge in [-0.3, -0.25) is 4.57 Å². The summed E-state index contributed by atoms with van der Waals surface area (Å²) in [6.45, 7) is 8.89. The Morgan fingerprint density at radius 3 is 2.18 bits per heavy atom. The molecule has 0 amide bonds. The Bertz CT molecular complexity index is 2010. The zero-order valence-electron chi connectivity index (χ0n) is 33.1. The maximum atomic E-state index is 9.38. The number of rotatable bonds is 18. The van der Waals surface area contributed by atoms with Gasteiger partial charge in [0.15, 0.2) is 17.0 Å². The molecule has 1 unspecified atom stereocenters. The third kappa shape index (κ3) is 9.08. The number of methoxy groups -OCH3 is 1. The van der Waals surface area contributed by atoms with Crippen LogP contribution in [0.2, 0.25) is 0 Å². The minimum absolute atomic E-state index is 0.116. The van der Waals surface area contributed by atoms with E-state index < -0.39 is 32.6 Å². The lowest BCUT2D eigenvalue weighted by atomic mass is 9.80. The quantitative estimate of drug-likeness (QED) is 0.0282. The van der Waals surface area contributed by atoms with Crippen molar-refractivity contribution in [2.24, 2.45) is 4.99 Å². The van der Waals surface area contributed by atoms with Crippen molar-refractivity contribution in [3.8, 4) is 11.8 Å². The Labute approximate surface area is 330 Å². The molecule has 294 valence electrons. The van der Waals surface area contributed by atoms with Gasteiger partial charge in [-0.1, -0.05) is 72.8 Å². The van der Waals surface area contributed by atoms with Crippen molar-refractivity contribution in [3.05, 3.63) is 114 Å². The predicted octanol–water partition coefficient (Wildman–Crippen LogP) is 8.01. The maximum Gasteiger partial charge on any atom is 0.259 e. The van der Waals surface area contributed by atoms with E-state index in [2.05, 4.69) is 82.6 Å². The Morgan fingerprint density at radius 2 is 1.59 bits per heavy atom. The smallest absolute Gasteiger partial charge is 0.259 e. The first-order valence-corrected chi connectivity index (χ1v) is 20.0. The largest absolute Gasteiger partial charge is 0.497 e. The Morgan fingerprint density at radius 1 is 0.946 bits per heavy atom. The van der Waals surface area contributed by atoms with E-state index in [1.54, 1.807) is 19.8 Å². The van der Waals surface area contributed by atoms with Crippen molar-refractivity contribution >= 4 is 31.8 Å². The second-order valence-electron chi connectivity index (χ2n) is 14.2. The SMILES string of the molecule is COc1ccc(C(OC[C@H]2O[C@@H](n3cnc4c(N=CN(C)C)ncnc43)C[C@H]2OP(OCCC#N)N(C(C)C)C(C)C)(c2ccccc2)c2ccccc2)cc1. The van der Waals surface area contributed by atoms with Crippen LogP contribution in [0.25, 0.3) is 11.2 Å². The minimum atomic E-state index is -1.60. The van der Waals surface area contributed by atoms with E-state index in [4.69, 9.17) is 23.3 Å². The summed E-state index contributed by atoms with van der Waals surface area (Å²) in [7, 11) is 3.85. The highest BCUT2D eigenvalue weighted by Crippen LogP contribution is 2.51. The number of nitrogens with zero attached hydrogens (tertiary/aromatic N) is 8. The molecule has 0 aliphatic carbocycles. The van der Waals surface area contributed by atoms with Crippen LogP contribution < -0.4 is 4.74 Å². The van der Waals surface area contributed by atoms with Gasteiger partial charge in [0.05, 0.1) is 51.6 Å². The van der Waals surface area contributed by atoms with Crippen LogP contribution in [0, 0.1) is 11.3 Å². The molecular formula is C42H51N8O5P. The van der Waals surface area contributed by atoms with Crippen molar-refractivity contribution in [2.45, 2.75) is 76.7 Å². The lowest BCUT2D eigenvalue weighted by Crippen LogP contribution is -2.39. The number of imidazole rings is 1. The molecule has 1 aliphatic heterocycles. The van der Waals surface area contributed by atoms with Gasteiger partial charge in [-0.25, -0.2) is 24.6 Å². The average Bonchev–Trinajstić information content (AvgIpc) is 3.82. The summed E-state index contributed by atoms with van der Waals surface area (Å²) >= 11 is 0. The molecule has 1 fully saturated rings. The summed E-state index contributed by atoms with van der Waals surface area (Å²) in [5.41, 5.74) is 2.98. The monoisotopic (exact) mass is 778 g/mol. The van der Waals surface area contributed by atoms with Gasteiger partial charge < -0.3 is 28.2 Å². The zero-order chi connectivity index (χ0) is 39.7. The van der Waals surface area contributed by atoms with Crippen molar-refractivity contribution in [3.63, 3.8) is 0 Å². The molecule has 14 heteroatoms. The lowest BCUT2D eigenvalue weighted by molar-refractivity contribution is -0.0912. The summed E-state index contributed by atoms with van der Waals surface area (Å²) in [6.07, 6.45) is 4.06. The van der Waals surface area contributed by atoms with Gasteiger partial charge in [0, 0.05) is 32.6 Å². The second-order valence-corrected chi connectivity index (χ2v) is 15.6. The van der Waals surface area contributed by atoms with Gasteiger partial charge in [0.25, 0.3) is 8.53 Å². The van der Waals surface area contributed by atoms with Gasteiger partial charge in [0.2, 0.25) is 0 Å². The van der Waals surface area contributed by atoms with E-state index in [0.717, 1.165) is 22.4 Å². The number of aliphatic imine (C=N–C) groups is 1. The standard InChI is InChI=1S/C42H51N8O5P/c1-30(2)50(31(3)4)56(53-24-14-23-43)55-36-25-38(49-29-46-39-40(47-28-48(5)6)44-27-45-41(39)49)54-37(36)26-52-42(32-15-10-8-11-16-32,33-17-12-9-13-18-33)34-19-21-35(51-7)22-20-34/h8-13,15-22,27-31,36-38H,14,24-26H2,1-7H3/t36-,37-,38-,56?/m1/s1. The van der Waals surface area contributed by atoms with Gasteiger partial charge >= 0.3 is 0 Å². The van der Waals surface area contributed by atoms with Crippen LogP contribution in [0.4, 0.5) is 5.82 Å². The van der Waals surface area contributed by atoms with Crippen LogP contribution >= 0.6 is 8.53 Å². The van der Waals surface area contributed by atoms with Crippen molar-refractivity contribution < 1.29 is 23.3 Å². The molecule has 1 saturated heterocycles. The first-order chi connectivity index (χ1) is 27.2. The van der Waals surface area contributed by atoms with Crippen LogP contribution in [0.15, 0.2) is 103 Å². The fourth-order valence-corrected chi connectivity index (χ4v) is 8.74. The third-order valence-electron chi connectivity index (χ3n) is 9.45. The Balaban J connectivity index is 1.42. The number of benzene rings is 3. The second kappa shape index (κ2) is 18.9. The van der Waals surface area contributed by atoms with Crippen LogP contribution in [0.5, 0.6) is 5.75 Å². The molecule has 1 aliphatic rings. The van der Waals surface area contributed by atoms with Gasteiger partial charge in [-0.15, -0.1) is 0 Å². The Hall–Kier alpha value is -4.80. The summed E-state index contributed by atoms with van der Waals surface area (Å²) < 4.78 is 37.4. The molecule has 0 radical (unpaired) electrons. The summed E-state index contributed by atoms with van der Waals surface area (Å²) in [5, 5.41) is 9.38. The van der Waals surface area contributed by atoms with E-state index in [0.29, 0.717) is 23.4 Å². The highest BCUT2D eigenvalue weighted by atomic mass is 31.2. The molecule has 2 aromatic heterocycles. The number of fused-ring (bicyclic) bond motifs is 1. The summed E-state index contributed by atoms with van der Waals surface area (Å²) in [5.74, 6) is 1.21. The minimum Gasteiger partial charge on any atom is -0.497 e. The number of hydrogen-bond donors (Lipinski definition) is 0. The van der Waals surface area contributed by atoms with Gasteiger partial charge in [0.1, 0.15) is 30.0 Å². The molecule has 4 atom stereocenters. The number of ether oxygens (including phenoxy) is 3. The molecule has 0 spiro atoms. The molecular weight excluding hydrogens is 727 g/mol. The molecule has 3 aromatic carbocycles. The van der Waals surface area contributed by atoms with Crippen LogP contribution in [0.1, 0.15) is 63.5 Å². The topological polar surface area (TPSA) is 132 Å². The lowest BCUT2D eigenvalue weighted by Gasteiger charge is -2.39. The molecule has 0 saturated carbocycles. The van der Waals surface area contributed by atoms with Gasteiger partial charge in [-0.05, 0) is 56.5 Å². The fourth-order valence-electron chi connectivity index (χ4n) is 6.99. The first kappa shape index (κ1) is 40.9. The van der Waals surface area contributed by atoms with Crippen molar-refractivity contribution in [2.75, 3.05) is 34.4 Å². The highest BCUT2D eigenvalue weighted by Gasteiger charge is 2.45. The normalized spacial score (nSPS) is 18.0. The molecule has 0 N–H and O–H groups in total. The van der Waals surface area contributed by atoms with Crippen LogP contribution in [-0.4, -0.2) is 94.1 Å². The number of aromatic nitrogens is 4. The first-order valence-electron chi connectivity index (χ1n) is 18.8. The van der Waals surface area contributed by atoms with E-state index in [1.807, 2.05) is 84.2 Å². The van der Waals surface area contributed by atoms with E-state index in [1.165, 1.54) is 6.33 Å². The van der Waals surface area contributed by atoms with E-state index >= 15 is 0 Å². The van der Waals surface area contributed by atoms with Crippen molar-refractivity contribution in [1.29, 1.82) is 5.26 Å². The fraction of sp³-hybridized carbons (Fsp3) is 0.405. The zero-order valence-corrected chi connectivity index (χ0v) is 34.0. The van der Waals surface area contributed by atoms with E-state index in [-0.39, 0.29) is 31.7 Å². The summed E-state index contributed by atoms with van der Waals surface area (Å²) in [4.78, 5) is 20.0. The number of nitriles is 1. The molecule has 3 heterocycles. The maximum absolute atomic E-state index is 9.38. The number of hydrogen-bond acceptors (Lipinski definition) is 11. The van der Waals surface area contributed by atoms with E-state index in [9.17, 15) is 5.26 Å². The molecule has 56 heavy (non-hydrogen) atoms. The molecule has 6 rings (SSSR count). The van der Waals surface area contributed by atoms with Gasteiger partial charge in [-0.2, -0.15) is 5.26 Å². The molecule has 0 bridgehead atoms. The Kier molecular flexibility index (Phi) is 13.8. The highest BCUT2D eigenvalue weighted by molar-refractivity contribution is 7.44. The third-order valence-corrected chi connectivity index (χ3v) is 11.6. The van der Waals surface area contributed by atoms with Crippen molar-refractivity contribution in [1.82, 2.24) is 29.1 Å².